The van der Waals surface area contributed by atoms with E-state index in [1.165, 1.54) is 6.07 Å². The third kappa shape index (κ3) is 4.09. The lowest BCUT2D eigenvalue weighted by molar-refractivity contribution is -0.120. The summed E-state index contributed by atoms with van der Waals surface area (Å²) in [5, 5.41) is 18.1. The lowest BCUT2D eigenvalue weighted by Gasteiger charge is -2.32. The SMILES string of the molecule is Cc1nnc(N2CCC(C(=O)Nc3ccccc3F)CC2)c2nn(-c3ccc(Cl)cc3)c(C)c12. The quantitative estimate of drug-likeness (QED) is 0.442. The molecular formula is C25H24ClFN6O. The second-order valence-corrected chi connectivity index (χ2v) is 8.97. The molecule has 3 heterocycles. The number of carbonyl (C=O) groups excluding carboxylic acids is 1. The van der Waals surface area contributed by atoms with Gasteiger partial charge in [0.1, 0.15) is 11.3 Å². The number of amides is 1. The van der Waals surface area contributed by atoms with Crippen LogP contribution in [0.25, 0.3) is 16.6 Å². The van der Waals surface area contributed by atoms with Crippen LogP contribution in [0.3, 0.4) is 0 Å². The highest BCUT2D eigenvalue weighted by Crippen LogP contribution is 2.32. The molecule has 1 aliphatic rings. The van der Waals surface area contributed by atoms with E-state index in [0.29, 0.717) is 36.8 Å². The van der Waals surface area contributed by atoms with Crippen molar-refractivity contribution in [3.8, 4) is 5.69 Å². The van der Waals surface area contributed by atoms with Gasteiger partial charge in [0.15, 0.2) is 5.82 Å². The fraction of sp³-hybridized carbons (Fsp3) is 0.280. The molecule has 34 heavy (non-hydrogen) atoms. The molecule has 0 spiro atoms. The summed E-state index contributed by atoms with van der Waals surface area (Å²) in [4.78, 5) is 14.8. The minimum absolute atomic E-state index is 0.159. The number of aromatic nitrogens is 4. The van der Waals surface area contributed by atoms with Crippen molar-refractivity contribution in [1.29, 1.82) is 0 Å². The number of anilines is 2. The molecule has 1 saturated heterocycles. The van der Waals surface area contributed by atoms with Crippen molar-refractivity contribution in [2.45, 2.75) is 26.7 Å². The van der Waals surface area contributed by atoms with Gasteiger partial charge in [0.25, 0.3) is 0 Å². The Hall–Kier alpha value is -3.52. The smallest absolute Gasteiger partial charge is 0.227 e. The number of rotatable bonds is 4. The lowest BCUT2D eigenvalue weighted by atomic mass is 9.95. The van der Waals surface area contributed by atoms with E-state index in [1.54, 1.807) is 18.2 Å². The van der Waals surface area contributed by atoms with Gasteiger partial charge in [-0.1, -0.05) is 23.7 Å². The number of hydrogen-bond donors (Lipinski definition) is 1. The molecule has 7 nitrogen and oxygen atoms in total. The summed E-state index contributed by atoms with van der Waals surface area (Å²) in [6.07, 6.45) is 1.27. The van der Waals surface area contributed by atoms with Gasteiger partial charge in [0, 0.05) is 24.0 Å². The van der Waals surface area contributed by atoms with Crippen molar-refractivity contribution < 1.29 is 9.18 Å². The summed E-state index contributed by atoms with van der Waals surface area (Å²) in [6.45, 7) is 5.21. The molecule has 0 atom stereocenters. The summed E-state index contributed by atoms with van der Waals surface area (Å²) < 4.78 is 15.8. The van der Waals surface area contributed by atoms with E-state index in [0.717, 1.165) is 28.0 Å². The van der Waals surface area contributed by atoms with Gasteiger partial charge in [0.05, 0.1) is 28.1 Å². The van der Waals surface area contributed by atoms with Crippen LogP contribution < -0.4 is 10.2 Å². The van der Waals surface area contributed by atoms with E-state index < -0.39 is 5.82 Å². The molecule has 1 N–H and O–H groups in total. The maximum Gasteiger partial charge on any atom is 0.227 e. The van der Waals surface area contributed by atoms with Gasteiger partial charge in [0.2, 0.25) is 5.91 Å². The first kappa shape index (κ1) is 22.3. The lowest BCUT2D eigenvalue weighted by Crippen LogP contribution is -2.39. The highest BCUT2D eigenvalue weighted by atomic mass is 35.5. The Morgan fingerprint density at radius 3 is 2.47 bits per heavy atom. The van der Waals surface area contributed by atoms with Crippen molar-refractivity contribution in [2.24, 2.45) is 5.92 Å². The van der Waals surface area contributed by atoms with Gasteiger partial charge in [-0.3, -0.25) is 4.79 Å². The molecule has 1 fully saturated rings. The van der Waals surface area contributed by atoms with Gasteiger partial charge in [-0.15, -0.1) is 5.10 Å². The molecule has 2 aromatic heterocycles. The molecule has 4 aromatic rings. The molecular weight excluding hydrogens is 455 g/mol. The molecule has 1 aliphatic heterocycles. The van der Waals surface area contributed by atoms with Crippen LogP contribution in [0, 0.1) is 25.6 Å². The van der Waals surface area contributed by atoms with Crippen molar-refractivity contribution in [1.82, 2.24) is 20.0 Å². The van der Waals surface area contributed by atoms with Crippen LogP contribution >= 0.6 is 11.6 Å². The maximum atomic E-state index is 13.9. The zero-order valence-corrected chi connectivity index (χ0v) is 19.7. The van der Waals surface area contributed by atoms with Gasteiger partial charge in [-0.05, 0) is 63.1 Å². The molecule has 1 amide bonds. The first-order chi connectivity index (χ1) is 16.4. The first-order valence-corrected chi connectivity index (χ1v) is 11.6. The van der Waals surface area contributed by atoms with E-state index in [2.05, 4.69) is 20.4 Å². The molecule has 9 heteroatoms. The molecule has 174 valence electrons. The van der Waals surface area contributed by atoms with Crippen LogP contribution in [0.4, 0.5) is 15.9 Å². The van der Waals surface area contributed by atoms with Crippen molar-refractivity contribution in [2.75, 3.05) is 23.3 Å². The number of nitrogens with one attached hydrogen (secondary N) is 1. The van der Waals surface area contributed by atoms with Crippen molar-refractivity contribution >= 4 is 39.9 Å². The number of halogens is 2. The maximum absolute atomic E-state index is 13.9. The third-order valence-corrected chi connectivity index (χ3v) is 6.60. The summed E-state index contributed by atoms with van der Waals surface area (Å²) >= 11 is 6.05. The summed E-state index contributed by atoms with van der Waals surface area (Å²) in [5.41, 5.74) is 3.70. The number of benzene rings is 2. The largest absolute Gasteiger partial charge is 0.353 e. The minimum atomic E-state index is -0.433. The van der Waals surface area contributed by atoms with E-state index in [9.17, 15) is 9.18 Å². The zero-order chi connectivity index (χ0) is 23.8. The topological polar surface area (TPSA) is 75.9 Å². The monoisotopic (exact) mass is 478 g/mol. The number of aryl methyl sites for hydroxylation is 2. The van der Waals surface area contributed by atoms with Crippen molar-refractivity contribution in [3.05, 3.63) is 70.8 Å². The van der Waals surface area contributed by atoms with Crippen molar-refractivity contribution in [3.63, 3.8) is 0 Å². The Kier molecular flexibility index (Phi) is 5.91. The third-order valence-electron chi connectivity index (χ3n) is 6.35. The van der Waals surface area contributed by atoms with Gasteiger partial charge in [-0.2, -0.15) is 10.2 Å². The molecule has 0 unspecified atom stereocenters. The predicted octanol–water partition coefficient (Wildman–Crippen LogP) is 5.08. The Morgan fingerprint density at radius 1 is 1.06 bits per heavy atom. The van der Waals surface area contributed by atoms with Crippen LogP contribution in [-0.4, -0.2) is 39.0 Å². The molecule has 0 radical (unpaired) electrons. The van der Waals surface area contributed by atoms with Crippen LogP contribution in [0.5, 0.6) is 0 Å². The minimum Gasteiger partial charge on any atom is -0.353 e. The number of hydrogen-bond acceptors (Lipinski definition) is 5. The van der Waals surface area contributed by atoms with E-state index >= 15 is 0 Å². The normalized spacial score (nSPS) is 14.5. The predicted molar refractivity (Wildman–Crippen MR) is 131 cm³/mol. The van der Waals surface area contributed by atoms with Gasteiger partial charge >= 0.3 is 0 Å². The molecule has 2 aromatic carbocycles. The Morgan fingerprint density at radius 2 is 1.76 bits per heavy atom. The Bertz CT molecular complexity index is 1360. The molecule has 0 bridgehead atoms. The highest BCUT2D eigenvalue weighted by Gasteiger charge is 2.28. The summed E-state index contributed by atoms with van der Waals surface area (Å²) in [5.74, 6) is -0.0764. The van der Waals surface area contributed by atoms with Crippen LogP contribution in [0.1, 0.15) is 24.2 Å². The molecule has 0 aliphatic carbocycles. The number of fused-ring (bicyclic) bond motifs is 1. The highest BCUT2D eigenvalue weighted by molar-refractivity contribution is 6.30. The van der Waals surface area contributed by atoms with Crippen LogP contribution in [-0.2, 0) is 4.79 Å². The Balaban J connectivity index is 1.37. The molecule has 5 rings (SSSR count). The second kappa shape index (κ2) is 9.02. The van der Waals surface area contributed by atoms with Crippen LogP contribution in [0.15, 0.2) is 48.5 Å². The standard InChI is InChI=1S/C25H24ClFN6O/c1-15-22-16(2)33(19-9-7-18(26)8-10-19)31-23(22)24(30-29-15)32-13-11-17(12-14-32)25(34)28-21-6-4-3-5-20(21)27/h3-10,17H,11-14H2,1-2H3,(H,28,34). The summed E-state index contributed by atoms with van der Waals surface area (Å²) in [7, 11) is 0. The fourth-order valence-electron chi connectivity index (χ4n) is 4.51. The zero-order valence-electron chi connectivity index (χ0n) is 18.9. The summed E-state index contributed by atoms with van der Waals surface area (Å²) in [6, 6.07) is 13.7. The number of carbonyl (C=O) groups is 1. The average molecular weight is 479 g/mol. The number of nitrogens with zero attached hydrogens (tertiary/aromatic N) is 5. The molecule has 0 saturated carbocycles. The second-order valence-electron chi connectivity index (χ2n) is 8.54. The van der Waals surface area contributed by atoms with Gasteiger partial charge < -0.3 is 10.2 Å². The number of para-hydroxylation sites is 1. The Labute approximate surface area is 201 Å². The van der Waals surface area contributed by atoms with Gasteiger partial charge in [-0.25, -0.2) is 9.07 Å². The van der Waals surface area contributed by atoms with E-state index in [1.807, 2.05) is 42.8 Å². The average Bonchev–Trinajstić information content (AvgIpc) is 3.19. The number of piperidine rings is 1. The van der Waals surface area contributed by atoms with E-state index in [4.69, 9.17) is 16.7 Å². The van der Waals surface area contributed by atoms with E-state index in [-0.39, 0.29) is 17.5 Å². The van der Waals surface area contributed by atoms with Crippen LogP contribution in [0.2, 0.25) is 5.02 Å². The fourth-order valence-corrected chi connectivity index (χ4v) is 4.64. The first-order valence-electron chi connectivity index (χ1n) is 11.2.